The Morgan fingerprint density at radius 1 is 1.20 bits per heavy atom. The quantitative estimate of drug-likeness (QED) is 0.613. The number of thiazole rings is 1. The third-order valence-corrected chi connectivity index (χ3v) is 4.56. The van der Waals surface area contributed by atoms with Crippen molar-refractivity contribution in [2.45, 2.75) is 13.3 Å². The fourth-order valence-corrected chi connectivity index (χ4v) is 3.22. The molecule has 25 heavy (non-hydrogen) atoms. The van der Waals surface area contributed by atoms with E-state index in [1.807, 2.05) is 53.3 Å². The first-order valence-electron chi connectivity index (χ1n) is 7.78. The van der Waals surface area contributed by atoms with E-state index in [-0.39, 0.29) is 12.3 Å². The summed E-state index contributed by atoms with van der Waals surface area (Å²) in [5.74, 6) is 0.648. The number of amides is 1. The Bertz CT molecular complexity index is 1040. The topological polar surface area (TPSA) is 72.7 Å². The van der Waals surface area contributed by atoms with Crippen molar-refractivity contribution in [3.63, 3.8) is 0 Å². The standard InChI is InChI=1S/C18H15N5OS/c1-12-21-14(10-25-12)8-18(24)22-13-6-7-17(19-9-13)23-11-20-15-4-2-3-5-16(15)23/h2-7,9-11H,8H2,1H3,(H,22,24). The predicted molar refractivity (Wildman–Crippen MR) is 98.0 cm³/mol. The van der Waals surface area contributed by atoms with E-state index < -0.39 is 0 Å². The highest BCUT2D eigenvalue weighted by molar-refractivity contribution is 7.09. The van der Waals surface area contributed by atoms with Crippen LogP contribution in [0.5, 0.6) is 0 Å². The van der Waals surface area contributed by atoms with Gasteiger partial charge in [-0.05, 0) is 31.2 Å². The first-order valence-corrected chi connectivity index (χ1v) is 8.66. The molecular formula is C18H15N5OS. The number of imidazole rings is 1. The average molecular weight is 349 g/mol. The molecule has 0 aliphatic carbocycles. The van der Waals surface area contributed by atoms with Crippen molar-refractivity contribution < 1.29 is 4.79 Å². The molecular weight excluding hydrogens is 334 g/mol. The van der Waals surface area contributed by atoms with Gasteiger partial charge in [-0.3, -0.25) is 9.36 Å². The van der Waals surface area contributed by atoms with E-state index in [0.717, 1.165) is 27.6 Å². The van der Waals surface area contributed by atoms with E-state index in [2.05, 4.69) is 20.3 Å². The molecule has 1 N–H and O–H groups in total. The molecule has 1 amide bonds. The van der Waals surface area contributed by atoms with Crippen molar-refractivity contribution in [3.05, 3.63) is 65.0 Å². The van der Waals surface area contributed by atoms with Gasteiger partial charge in [-0.2, -0.15) is 0 Å². The molecule has 0 unspecified atom stereocenters. The number of benzene rings is 1. The van der Waals surface area contributed by atoms with Crippen LogP contribution in [0.1, 0.15) is 10.7 Å². The lowest BCUT2D eigenvalue weighted by Crippen LogP contribution is -2.14. The molecule has 0 aliphatic heterocycles. The van der Waals surface area contributed by atoms with Crippen LogP contribution in [-0.2, 0) is 11.2 Å². The number of nitrogens with one attached hydrogen (secondary N) is 1. The SMILES string of the molecule is Cc1nc(CC(=O)Nc2ccc(-n3cnc4ccccc43)nc2)cs1. The largest absolute Gasteiger partial charge is 0.324 e. The van der Waals surface area contributed by atoms with E-state index in [9.17, 15) is 4.79 Å². The van der Waals surface area contributed by atoms with Gasteiger partial charge in [0.25, 0.3) is 0 Å². The summed E-state index contributed by atoms with van der Waals surface area (Å²) in [6.07, 6.45) is 3.66. The number of nitrogens with zero attached hydrogens (tertiary/aromatic N) is 4. The molecule has 0 aliphatic rings. The van der Waals surface area contributed by atoms with Crippen molar-refractivity contribution in [3.8, 4) is 5.82 Å². The maximum atomic E-state index is 12.1. The summed E-state index contributed by atoms with van der Waals surface area (Å²) in [4.78, 5) is 25.2. The van der Waals surface area contributed by atoms with Gasteiger partial charge in [-0.1, -0.05) is 12.1 Å². The third kappa shape index (κ3) is 3.27. The number of carbonyl (C=O) groups excluding carboxylic acids is 1. The monoisotopic (exact) mass is 349 g/mol. The molecule has 0 atom stereocenters. The molecule has 1 aromatic carbocycles. The molecule has 4 rings (SSSR count). The molecule has 0 saturated carbocycles. The van der Waals surface area contributed by atoms with Gasteiger partial charge in [0.1, 0.15) is 12.1 Å². The van der Waals surface area contributed by atoms with Crippen LogP contribution < -0.4 is 5.32 Å². The number of rotatable bonds is 4. The molecule has 3 heterocycles. The summed E-state index contributed by atoms with van der Waals surface area (Å²) in [7, 11) is 0. The van der Waals surface area contributed by atoms with Crippen LogP contribution in [-0.4, -0.2) is 25.4 Å². The highest BCUT2D eigenvalue weighted by atomic mass is 32.1. The van der Waals surface area contributed by atoms with Crippen molar-refractivity contribution in [2.75, 3.05) is 5.32 Å². The molecule has 6 nitrogen and oxygen atoms in total. The molecule has 3 aromatic heterocycles. The second-order valence-corrected chi connectivity index (χ2v) is 6.65. The van der Waals surface area contributed by atoms with Crippen molar-refractivity contribution >= 4 is 34.0 Å². The number of pyridine rings is 1. The van der Waals surface area contributed by atoms with Crippen LogP contribution in [0.15, 0.2) is 54.3 Å². The molecule has 0 spiro atoms. The Morgan fingerprint density at radius 3 is 2.84 bits per heavy atom. The molecule has 0 saturated heterocycles. The van der Waals surface area contributed by atoms with Crippen molar-refractivity contribution in [1.29, 1.82) is 0 Å². The van der Waals surface area contributed by atoms with Gasteiger partial charge >= 0.3 is 0 Å². The highest BCUT2D eigenvalue weighted by Gasteiger charge is 2.08. The number of aryl methyl sites for hydroxylation is 1. The van der Waals surface area contributed by atoms with Crippen LogP contribution in [0.3, 0.4) is 0 Å². The summed E-state index contributed by atoms with van der Waals surface area (Å²) in [6, 6.07) is 11.6. The maximum Gasteiger partial charge on any atom is 0.230 e. The van der Waals surface area contributed by atoms with Crippen LogP contribution in [0, 0.1) is 6.92 Å². The fourth-order valence-electron chi connectivity index (χ4n) is 2.60. The summed E-state index contributed by atoms with van der Waals surface area (Å²) >= 11 is 1.54. The highest BCUT2D eigenvalue weighted by Crippen LogP contribution is 2.17. The average Bonchev–Trinajstić information content (AvgIpc) is 3.22. The summed E-state index contributed by atoms with van der Waals surface area (Å²) in [5, 5.41) is 5.71. The molecule has 4 aromatic rings. The van der Waals surface area contributed by atoms with Crippen molar-refractivity contribution in [2.24, 2.45) is 0 Å². The second-order valence-electron chi connectivity index (χ2n) is 5.59. The van der Waals surface area contributed by atoms with Crippen LogP contribution in [0.25, 0.3) is 16.9 Å². The zero-order valence-corrected chi connectivity index (χ0v) is 14.3. The van der Waals surface area contributed by atoms with Gasteiger partial charge in [-0.25, -0.2) is 15.0 Å². The zero-order valence-electron chi connectivity index (χ0n) is 13.5. The third-order valence-electron chi connectivity index (χ3n) is 3.74. The van der Waals surface area contributed by atoms with Crippen LogP contribution in [0.2, 0.25) is 0 Å². The maximum absolute atomic E-state index is 12.1. The molecule has 0 bridgehead atoms. The van der Waals surface area contributed by atoms with Gasteiger partial charge in [0.05, 0.1) is 40.0 Å². The van der Waals surface area contributed by atoms with E-state index >= 15 is 0 Å². The molecule has 0 fully saturated rings. The second kappa shape index (κ2) is 6.45. The molecule has 7 heteroatoms. The zero-order chi connectivity index (χ0) is 17.2. The van der Waals surface area contributed by atoms with Gasteiger partial charge in [0.2, 0.25) is 5.91 Å². The smallest absolute Gasteiger partial charge is 0.230 e. The predicted octanol–water partition coefficient (Wildman–Crippen LogP) is 3.37. The lowest BCUT2D eigenvalue weighted by atomic mass is 10.3. The lowest BCUT2D eigenvalue weighted by Gasteiger charge is -2.06. The summed E-state index contributed by atoms with van der Waals surface area (Å²) < 4.78 is 1.92. The van der Waals surface area contributed by atoms with Crippen molar-refractivity contribution in [1.82, 2.24) is 19.5 Å². The molecule has 124 valence electrons. The normalized spacial score (nSPS) is 10.9. The molecule has 0 radical (unpaired) electrons. The first kappa shape index (κ1) is 15.5. The Balaban J connectivity index is 1.49. The van der Waals surface area contributed by atoms with E-state index in [1.165, 1.54) is 0 Å². The Labute approximate surface area is 148 Å². The fraction of sp³-hybridized carbons (Fsp3) is 0.111. The van der Waals surface area contributed by atoms with Crippen LogP contribution >= 0.6 is 11.3 Å². The number of anilines is 1. The lowest BCUT2D eigenvalue weighted by molar-refractivity contribution is -0.115. The van der Waals surface area contributed by atoms with E-state index in [1.54, 1.807) is 23.9 Å². The number of hydrogen-bond donors (Lipinski definition) is 1. The Hall–Kier alpha value is -3.06. The minimum absolute atomic E-state index is 0.104. The van der Waals surface area contributed by atoms with E-state index in [4.69, 9.17) is 0 Å². The minimum atomic E-state index is -0.104. The van der Waals surface area contributed by atoms with E-state index in [0.29, 0.717) is 5.69 Å². The first-order chi connectivity index (χ1) is 12.2. The Kier molecular flexibility index (Phi) is 3.99. The number of carbonyl (C=O) groups is 1. The number of para-hydroxylation sites is 2. The minimum Gasteiger partial charge on any atom is -0.324 e. The number of hydrogen-bond acceptors (Lipinski definition) is 5. The Morgan fingerprint density at radius 2 is 2.08 bits per heavy atom. The van der Waals surface area contributed by atoms with Gasteiger partial charge in [0.15, 0.2) is 0 Å². The van der Waals surface area contributed by atoms with Crippen LogP contribution in [0.4, 0.5) is 5.69 Å². The summed E-state index contributed by atoms with van der Waals surface area (Å²) in [5.41, 5.74) is 3.35. The van der Waals surface area contributed by atoms with Gasteiger partial charge in [-0.15, -0.1) is 11.3 Å². The number of aromatic nitrogens is 4. The van der Waals surface area contributed by atoms with Gasteiger partial charge < -0.3 is 5.32 Å². The number of fused-ring (bicyclic) bond motifs is 1. The van der Waals surface area contributed by atoms with Gasteiger partial charge in [0, 0.05) is 5.38 Å². The summed E-state index contributed by atoms with van der Waals surface area (Å²) in [6.45, 7) is 1.93.